The van der Waals surface area contributed by atoms with Crippen molar-refractivity contribution in [3.63, 3.8) is 0 Å². The summed E-state index contributed by atoms with van der Waals surface area (Å²) in [6.45, 7) is 2.30. The van der Waals surface area contributed by atoms with E-state index in [1.165, 1.54) is 11.0 Å². The number of carbonyl (C=O) groups excluding carboxylic acids is 1. The third kappa shape index (κ3) is 3.65. The van der Waals surface area contributed by atoms with Crippen LogP contribution in [0.2, 0.25) is 5.02 Å². The smallest absolute Gasteiger partial charge is 0.244 e. The van der Waals surface area contributed by atoms with E-state index in [9.17, 15) is 4.79 Å². The number of carbonyl (C=O) groups is 1. The number of nitrogens with one attached hydrogen (secondary N) is 2. The quantitative estimate of drug-likeness (QED) is 0.666. The maximum Gasteiger partial charge on any atom is 0.244 e. The molecule has 0 bridgehead atoms. The highest BCUT2D eigenvalue weighted by Gasteiger charge is 2.15. The monoisotopic (exact) mass is 333 g/mol. The van der Waals surface area contributed by atoms with E-state index < -0.39 is 6.04 Å². The molecule has 23 heavy (non-hydrogen) atoms. The van der Waals surface area contributed by atoms with Gasteiger partial charge in [0.2, 0.25) is 5.91 Å². The predicted molar refractivity (Wildman–Crippen MR) is 85.0 cm³/mol. The Morgan fingerprint density at radius 3 is 3.13 bits per heavy atom. The van der Waals surface area contributed by atoms with Crippen LogP contribution in [0, 0.1) is 0 Å². The summed E-state index contributed by atoms with van der Waals surface area (Å²) in [6, 6.07) is 5.11. The second-order valence-corrected chi connectivity index (χ2v) is 5.64. The van der Waals surface area contributed by atoms with Crippen molar-refractivity contribution in [3.8, 4) is 0 Å². The molecule has 1 amide bonds. The molecule has 2 aromatic heterocycles. The topological polar surface area (TPSA) is 101 Å². The number of amides is 1. The number of aryl methyl sites for hydroxylation is 1. The highest BCUT2D eigenvalue weighted by Crippen LogP contribution is 2.17. The van der Waals surface area contributed by atoms with Crippen molar-refractivity contribution in [3.05, 3.63) is 35.4 Å². The van der Waals surface area contributed by atoms with Gasteiger partial charge in [-0.25, -0.2) is 9.67 Å². The Kier molecular flexibility index (Phi) is 4.52. The third-order valence-electron chi connectivity index (χ3n) is 3.52. The normalized spacial score (nSPS) is 12.4. The van der Waals surface area contributed by atoms with E-state index in [0.717, 1.165) is 29.7 Å². The van der Waals surface area contributed by atoms with Gasteiger partial charge in [0.1, 0.15) is 18.2 Å². The summed E-state index contributed by atoms with van der Waals surface area (Å²) in [5, 5.41) is 14.3. The molecule has 0 saturated carbocycles. The second-order valence-electron chi connectivity index (χ2n) is 5.21. The van der Waals surface area contributed by atoms with E-state index in [1.807, 2.05) is 18.2 Å². The Balaban J connectivity index is 1.48. The van der Waals surface area contributed by atoms with Crippen LogP contribution in [0.4, 0.5) is 0 Å². The number of benzene rings is 1. The summed E-state index contributed by atoms with van der Waals surface area (Å²) in [6.07, 6.45) is 2.94. The van der Waals surface area contributed by atoms with Crippen LogP contribution >= 0.6 is 11.6 Å². The summed E-state index contributed by atoms with van der Waals surface area (Å²) in [5.74, 6) is 0.763. The van der Waals surface area contributed by atoms with Crippen LogP contribution in [0.15, 0.2) is 24.5 Å². The molecule has 2 N–H and O–H groups in total. The van der Waals surface area contributed by atoms with E-state index in [1.54, 1.807) is 6.92 Å². The van der Waals surface area contributed by atoms with Gasteiger partial charge < -0.3 is 10.3 Å². The first kappa shape index (κ1) is 15.4. The average molecular weight is 334 g/mol. The largest absolute Gasteiger partial charge is 0.354 e. The fraction of sp³-hybridized carbons (Fsp3) is 0.357. The molecular formula is C14H16ClN7O. The van der Waals surface area contributed by atoms with Crippen LogP contribution in [0.5, 0.6) is 0 Å². The zero-order valence-corrected chi connectivity index (χ0v) is 13.3. The van der Waals surface area contributed by atoms with Crippen LogP contribution in [-0.2, 0) is 11.2 Å². The molecule has 1 aromatic carbocycles. The number of rotatable bonds is 6. The molecule has 0 aliphatic heterocycles. The molecule has 0 unspecified atom stereocenters. The van der Waals surface area contributed by atoms with Gasteiger partial charge in [0.05, 0.1) is 11.0 Å². The Bertz CT molecular complexity index is 799. The molecule has 0 radical (unpaired) electrons. The molecule has 120 valence electrons. The van der Waals surface area contributed by atoms with Crippen molar-refractivity contribution in [2.75, 3.05) is 6.54 Å². The third-order valence-corrected chi connectivity index (χ3v) is 3.76. The number of H-pyrrole nitrogens is 1. The zero-order valence-electron chi connectivity index (χ0n) is 12.5. The molecule has 0 aliphatic rings. The van der Waals surface area contributed by atoms with E-state index in [4.69, 9.17) is 11.6 Å². The fourth-order valence-corrected chi connectivity index (χ4v) is 2.41. The van der Waals surface area contributed by atoms with E-state index in [0.29, 0.717) is 11.6 Å². The maximum atomic E-state index is 12.0. The molecule has 8 nitrogen and oxygen atoms in total. The average Bonchev–Trinajstić information content (AvgIpc) is 3.19. The number of aromatic amines is 1. The van der Waals surface area contributed by atoms with Gasteiger partial charge in [-0.2, -0.15) is 0 Å². The molecule has 2 heterocycles. The Hall–Kier alpha value is -2.48. The zero-order chi connectivity index (χ0) is 16.2. The maximum absolute atomic E-state index is 12.0. The van der Waals surface area contributed by atoms with Gasteiger partial charge in [-0.05, 0) is 42.0 Å². The Morgan fingerprint density at radius 1 is 1.48 bits per heavy atom. The van der Waals surface area contributed by atoms with Crippen molar-refractivity contribution in [2.24, 2.45) is 0 Å². The predicted octanol–water partition coefficient (Wildman–Crippen LogP) is 1.51. The van der Waals surface area contributed by atoms with Crippen molar-refractivity contribution in [1.82, 2.24) is 35.5 Å². The molecule has 0 fully saturated rings. The number of hydrogen-bond donors (Lipinski definition) is 2. The van der Waals surface area contributed by atoms with Crippen molar-refractivity contribution in [2.45, 2.75) is 25.8 Å². The number of fused-ring (bicyclic) bond motifs is 1. The molecule has 9 heteroatoms. The molecule has 3 rings (SSSR count). The molecular weight excluding hydrogens is 318 g/mol. The minimum absolute atomic E-state index is 0.117. The number of tetrazole rings is 1. The number of nitrogens with zero attached hydrogens (tertiary/aromatic N) is 5. The van der Waals surface area contributed by atoms with Crippen LogP contribution in [0.3, 0.4) is 0 Å². The van der Waals surface area contributed by atoms with Gasteiger partial charge >= 0.3 is 0 Å². The van der Waals surface area contributed by atoms with Gasteiger partial charge in [0.15, 0.2) is 0 Å². The number of aromatic nitrogens is 6. The van der Waals surface area contributed by atoms with Crippen LogP contribution in [-0.4, -0.2) is 42.6 Å². The molecule has 3 aromatic rings. The molecule has 0 spiro atoms. The van der Waals surface area contributed by atoms with Crippen LogP contribution < -0.4 is 5.32 Å². The lowest BCUT2D eigenvalue weighted by Gasteiger charge is -2.10. The number of imidazole rings is 1. The van der Waals surface area contributed by atoms with Crippen molar-refractivity contribution in [1.29, 1.82) is 0 Å². The summed E-state index contributed by atoms with van der Waals surface area (Å²) in [7, 11) is 0. The highest BCUT2D eigenvalue weighted by atomic mass is 35.5. The SMILES string of the molecule is C[C@@H](C(=O)NCCCc1nc2ccc(Cl)cc2[nH]1)n1cnnn1. The highest BCUT2D eigenvalue weighted by molar-refractivity contribution is 6.31. The lowest BCUT2D eigenvalue weighted by atomic mass is 10.2. The first-order valence-corrected chi connectivity index (χ1v) is 7.65. The summed E-state index contributed by atoms with van der Waals surface area (Å²) in [4.78, 5) is 19.7. The van der Waals surface area contributed by atoms with E-state index in [-0.39, 0.29) is 5.91 Å². The standard InChI is InChI=1S/C14H16ClN7O/c1-9(22-8-17-20-21-22)14(23)16-6-2-3-13-18-11-5-4-10(15)7-12(11)19-13/h4-5,7-9H,2-3,6H2,1H3,(H,16,23)(H,18,19)/t9-/m0/s1. The van der Waals surface area contributed by atoms with Gasteiger partial charge in [-0.1, -0.05) is 11.6 Å². The van der Waals surface area contributed by atoms with Gasteiger partial charge in [0, 0.05) is 18.0 Å². The van der Waals surface area contributed by atoms with Gasteiger partial charge in [0.25, 0.3) is 0 Å². The first-order valence-electron chi connectivity index (χ1n) is 7.28. The minimum Gasteiger partial charge on any atom is -0.354 e. The van der Waals surface area contributed by atoms with Gasteiger partial charge in [-0.3, -0.25) is 4.79 Å². The lowest BCUT2D eigenvalue weighted by Crippen LogP contribution is -2.32. The van der Waals surface area contributed by atoms with Crippen LogP contribution in [0.25, 0.3) is 11.0 Å². The first-order chi connectivity index (χ1) is 11.1. The van der Waals surface area contributed by atoms with E-state index in [2.05, 4.69) is 30.8 Å². The Morgan fingerprint density at radius 2 is 2.35 bits per heavy atom. The summed E-state index contributed by atoms with van der Waals surface area (Å²) < 4.78 is 1.42. The fourth-order valence-electron chi connectivity index (χ4n) is 2.23. The van der Waals surface area contributed by atoms with E-state index >= 15 is 0 Å². The summed E-state index contributed by atoms with van der Waals surface area (Å²) in [5.41, 5.74) is 1.81. The summed E-state index contributed by atoms with van der Waals surface area (Å²) >= 11 is 5.95. The van der Waals surface area contributed by atoms with Crippen LogP contribution in [0.1, 0.15) is 25.2 Å². The van der Waals surface area contributed by atoms with Crippen molar-refractivity contribution >= 4 is 28.5 Å². The number of halogens is 1. The van der Waals surface area contributed by atoms with Crippen molar-refractivity contribution < 1.29 is 4.79 Å². The molecule has 0 aliphatic carbocycles. The Labute approximate surface area is 137 Å². The lowest BCUT2D eigenvalue weighted by molar-refractivity contribution is -0.124. The minimum atomic E-state index is -0.432. The molecule has 0 saturated heterocycles. The second kappa shape index (κ2) is 6.74. The number of hydrogen-bond acceptors (Lipinski definition) is 5. The van der Waals surface area contributed by atoms with Gasteiger partial charge in [-0.15, -0.1) is 5.10 Å². The molecule has 1 atom stereocenters.